The summed E-state index contributed by atoms with van der Waals surface area (Å²) in [5, 5.41) is 10.6. The van der Waals surface area contributed by atoms with Gasteiger partial charge in [0.2, 0.25) is 0 Å². The number of aliphatic hydroxyl groups is 1. The van der Waals surface area contributed by atoms with Gasteiger partial charge in [-0.05, 0) is 37.5 Å². The second-order valence-corrected chi connectivity index (χ2v) is 32.0. The number of carbonyl (C=O) groups excluding carboxylic acids is 4. The van der Waals surface area contributed by atoms with E-state index in [4.69, 9.17) is 37.0 Å². The van der Waals surface area contributed by atoms with Gasteiger partial charge in [-0.25, -0.2) is 9.13 Å². The van der Waals surface area contributed by atoms with Crippen LogP contribution in [0.15, 0.2) is 0 Å². The monoisotopic (exact) mass is 1420 g/mol. The number of carbonyl (C=O) groups is 4. The van der Waals surface area contributed by atoms with E-state index in [0.29, 0.717) is 25.7 Å². The lowest BCUT2D eigenvalue weighted by Crippen LogP contribution is -2.30. The smallest absolute Gasteiger partial charge is 0.462 e. The lowest BCUT2D eigenvalue weighted by molar-refractivity contribution is -0.161. The van der Waals surface area contributed by atoms with E-state index in [1.165, 1.54) is 225 Å². The third-order valence-corrected chi connectivity index (χ3v) is 20.1. The summed E-state index contributed by atoms with van der Waals surface area (Å²) >= 11 is 0. The SMILES string of the molecule is CCCCCCCCCCCCCCCCCCC(=O)OC[C@H](COP(=O)(O)OC[C@@H](O)COP(=O)(O)OC[C@@H](COC(=O)CCCCCCCCCCC(C)C)OC(=O)CCCCCCCCCCCCCCC)OC(=O)CCCCCCCCCCCCCCCCC(C)C. The highest BCUT2D eigenvalue weighted by Gasteiger charge is 2.30. The predicted molar refractivity (Wildman–Crippen MR) is 395 cm³/mol. The molecular formula is C78H152O17P2. The van der Waals surface area contributed by atoms with Gasteiger partial charge in [0.05, 0.1) is 26.4 Å². The average molecular weight is 1420 g/mol. The van der Waals surface area contributed by atoms with Gasteiger partial charge in [-0.15, -0.1) is 0 Å². The largest absolute Gasteiger partial charge is 0.472 e. The first-order valence-electron chi connectivity index (χ1n) is 40.5. The van der Waals surface area contributed by atoms with Crippen LogP contribution in [-0.2, 0) is 65.4 Å². The zero-order valence-corrected chi connectivity index (χ0v) is 65.2. The minimum absolute atomic E-state index is 0.107. The van der Waals surface area contributed by atoms with Gasteiger partial charge < -0.3 is 33.8 Å². The van der Waals surface area contributed by atoms with E-state index < -0.39 is 97.5 Å². The number of hydrogen-bond donors (Lipinski definition) is 3. The van der Waals surface area contributed by atoms with Gasteiger partial charge in [0, 0.05) is 25.7 Å². The Kier molecular flexibility index (Phi) is 68.4. The highest BCUT2D eigenvalue weighted by atomic mass is 31.2. The highest BCUT2D eigenvalue weighted by Crippen LogP contribution is 2.45. The number of phosphoric ester groups is 2. The number of esters is 4. The second kappa shape index (κ2) is 69.8. The number of unbranched alkanes of at least 4 members (excludes halogenated alkanes) is 47. The number of rotatable bonds is 77. The normalized spacial score (nSPS) is 14.0. The first-order chi connectivity index (χ1) is 46.9. The third kappa shape index (κ3) is 72.2. The van der Waals surface area contributed by atoms with E-state index in [1.807, 2.05) is 0 Å². The van der Waals surface area contributed by atoms with Crippen molar-refractivity contribution in [2.45, 2.75) is 426 Å². The minimum atomic E-state index is -4.96. The van der Waals surface area contributed by atoms with Gasteiger partial charge in [0.25, 0.3) is 0 Å². The van der Waals surface area contributed by atoms with Crippen molar-refractivity contribution in [3.63, 3.8) is 0 Å². The van der Waals surface area contributed by atoms with Crippen molar-refractivity contribution < 1.29 is 80.2 Å². The van der Waals surface area contributed by atoms with Crippen LogP contribution in [0.4, 0.5) is 0 Å². The van der Waals surface area contributed by atoms with Crippen LogP contribution >= 0.6 is 15.6 Å². The van der Waals surface area contributed by atoms with Crippen molar-refractivity contribution in [2.75, 3.05) is 39.6 Å². The first kappa shape index (κ1) is 95.1. The molecule has 5 atom stereocenters. The molecule has 0 rings (SSSR count). The van der Waals surface area contributed by atoms with Gasteiger partial charge in [-0.1, -0.05) is 356 Å². The lowest BCUT2D eigenvalue weighted by Gasteiger charge is -2.21. The number of hydrogen-bond acceptors (Lipinski definition) is 15. The summed E-state index contributed by atoms with van der Waals surface area (Å²) in [6.07, 6.45) is 58.2. The molecule has 3 N–H and O–H groups in total. The summed E-state index contributed by atoms with van der Waals surface area (Å²) in [5.41, 5.74) is 0. The fourth-order valence-corrected chi connectivity index (χ4v) is 13.6. The second-order valence-electron chi connectivity index (χ2n) is 29.1. The molecule has 0 saturated heterocycles. The maximum absolute atomic E-state index is 13.1. The third-order valence-electron chi connectivity index (χ3n) is 18.2. The molecule has 0 saturated carbocycles. The number of aliphatic hydroxyl groups excluding tert-OH is 1. The molecule has 0 aliphatic carbocycles. The zero-order chi connectivity index (χ0) is 71.4. The molecule has 17 nitrogen and oxygen atoms in total. The molecule has 0 fully saturated rings. The Labute approximate surface area is 594 Å². The number of phosphoric acid groups is 2. The van der Waals surface area contributed by atoms with E-state index in [2.05, 4.69) is 41.5 Å². The molecule has 0 heterocycles. The summed E-state index contributed by atoms with van der Waals surface area (Å²) in [6, 6.07) is 0. The van der Waals surface area contributed by atoms with Gasteiger partial charge in [-0.3, -0.25) is 37.3 Å². The summed E-state index contributed by atoms with van der Waals surface area (Å²) in [7, 11) is -9.91. The molecule has 0 aliphatic heterocycles. The van der Waals surface area contributed by atoms with E-state index in [9.17, 15) is 43.2 Å². The Morgan fingerprint density at radius 3 is 0.701 bits per heavy atom. The maximum atomic E-state index is 13.1. The van der Waals surface area contributed by atoms with Gasteiger partial charge in [0.15, 0.2) is 12.2 Å². The molecule has 0 aromatic rings. The van der Waals surface area contributed by atoms with Crippen LogP contribution in [0.1, 0.15) is 408 Å². The Balaban J connectivity index is 5.25. The summed E-state index contributed by atoms with van der Waals surface area (Å²) in [6.45, 7) is 9.61. The first-order valence-corrected chi connectivity index (χ1v) is 43.5. The topological polar surface area (TPSA) is 237 Å². The summed E-state index contributed by atoms with van der Waals surface area (Å²) < 4.78 is 68.6. The molecule has 0 aromatic heterocycles. The Morgan fingerprint density at radius 1 is 0.278 bits per heavy atom. The average Bonchev–Trinajstić information content (AvgIpc) is 1.47. The molecule has 0 aromatic carbocycles. The minimum Gasteiger partial charge on any atom is -0.462 e. The molecule has 19 heteroatoms. The summed E-state index contributed by atoms with van der Waals surface area (Å²) in [5.74, 6) is -0.589. The van der Waals surface area contributed by atoms with Crippen molar-refractivity contribution in [1.82, 2.24) is 0 Å². The molecule has 97 heavy (non-hydrogen) atoms. The van der Waals surface area contributed by atoms with E-state index in [0.717, 1.165) is 102 Å². The Hall–Kier alpha value is -1.94. The van der Waals surface area contributed by atoms with Gasteiger partial charge in [-0.2, -0.15) is 0 Å². The Bertz CT molecular complexity index is 1870. The fourth-order valence-electron chi connectivity index (χ4n) is 12.0. The van der Waals surface area contributed by atoms with E-state index >= 15 is 0 Å². The lowest BCUT2D eigenvalue weighted by atomic mass is 10.0. The molecule has 2 unspecified atom stereocenters. The van der Waals surface area contributed by atoms with Crippen LogP contribution in [0.2, 0.25) is 0 Å². The quantitative estimate of drug-likeness (QED) is 0.0222. The van der Waals surface area contributed by atoms with Crippen molar-refractivity contribution in [1.29, 1.82) is 0 Å². The van der Waals surface area contributed by atoms with Crippen molar-refractivity contribution >= 4 is 39.5 Å². The van der Waals surface area contributed by atoms with E-state index in [1.54, 1.807) is 0 Å². The predicted octanol–water partition coefficient (Wildman–Crippen LogP) is 23.1. The van der Waals surface area contributed by atoms with Crippen molar-refractivity contribution in [2.24, 2.45) is 11.8 Å². The molecule has 0 amide bonds. The van der Waals surface area contributed by atoms with Crippen LogP contribution in [0, 0.1) is 11.8 Å². The summed E-state index contributed by atoms with van der Waals surface area (Å²) in [4.78, 5) is 72.9. The Morgan fingerprint density at radius 2 is 0.474 bits per heavy atom. The van der Waals surface area contributed by atoms with Crippen LogP contribution in [0.3, 0.4) is 0 Å². The maximum Gasteiger partial charge on any atom is 0.472 e. The van der Waals surface area contributed by atoms with Gasteiger partial charge >= 0.3 is 39.5 Å². The molecule has 0 aliphatic rings. The van der Waals surface area contributed by atoms with E-state index in [-0.39, 0.29) is 25.7 Å². The molecule has 0 bridgehead atoms. The molecule has 0 radical (unpaired) electrons. The molecular weight excluding hydrogens is 1270 g/mol. The fraction of sp³-hybridized carbons (Fsp3) is 0.949. The van der Waals surface area contributed by atoms with Crippen LogP contribution < -0.4 is 0 Å². The zero-order valence-electron chi connectivity index (χ0n) is 63.4. The highest BCUT2D eigenvalue weighted by molar-refractivity contribution is 7.47. The van der Waals surface area contributed by atoms with Crippen LogP contribution in [0.25, 0.3) is 0 Å². The molecule has 576 valence electrons. The molecule has 0 spiro atoms. The van der Waals surface area contributed by atoms with Crippen LogP contribution in [0.5, 0.6) is 0 Å². The van der Waals surface area contributed by atoms with Crippen molar-refractivity contribution in [3.8, 4) is 0 Å². The van der Waals surface area contributed by atoms with Crippen LogP contribution in [-0.4, -0.2) is 96.7 Å². The van der Waals surface area contributed by atoms with Crippen molar-refractivity contribution in [3.05, 3.63) is 0 Å². The standard InChI is InChI=1S/C78H152O17P2/c1-7-9-11-13-15-17-19-21-22-23-28-31-35-42-48-54-60-75(80)88-66-73(94-78(83)63-57-51-45-37-33-29-25-24-27-30-34-40-46-52-58-70(3)4)68-92-96(84,85)90-64-72(79)65-91-97(86,87)93-69-74(67-89-76(81)61-55-49-43-39-38-41-47-53-59-71(5)6)95-77(82)62-56-50-44-36-32-26-20-18-16-14-12-10-8-2/h70-74,79H,7-69H2,1-6H3,(H,84,85)(H,86,87)/t72-,73-,74-/m1/s1. The van der Waals surface area contributed by atoms with Gasteiger partial charge in [0.1, 0.15) is 19.3 Å². The number of ether oxygens (including phenoxy) is 4.